The quantitative estimate of drug-likeness (QED) is 0.712. The highest BCUT2D eigenvalue weighted by molar-refractivity contribution is 5.82. The second-order valence-corrected chi connectivity index (χ2v) is 5.05. The zero-order valence-corrected chi connectivity index (χ0v) is 11.2. The fraction of sp³-hybridized carbons (Fsp3) is 0.923. The van der Waals surface area contributed by atoms with Gasteiger partial charge in [-0.25, -0.2) is 0 Å². The van der Waals surface area contributed by atoms with Crippen LogP contribution in [0.4, 0.5) is 0 Å². The predicted molar refractivity (Wildman–Crippen MR) is 67.6 cm³/mol. The van der Waals surface area contributed by atoms with Crippen molar-refractivity contribution in [1.82, 2.24) is 9.80 Å². The first kappa shape index (κ1) is 13.7. The second-order valence-electron chi connectivity index (χ2n) is 5.05. The zero-order chi connectivity index (χ0) is 12.1. The van der Waals surface area contributed by atoms with Gasteiger partial charge < -0.3 is 4.90 Å². The lowest BCUT2D eigenvalue weighted by atomic mass is 10.0. The molecule has 0 aromatic heterocycles. The van der Waals surface area contributed by atoms with E-state index in [1.807, 2.05) is 6.92 Å². The maximum absolute atomic E-state index is 11.9. The summed E-state index contributed by atoms with van der Waals surface area (Å²) >= 11 is 0. The van der Waals surface area contributed by atoms with Gasteiger partial charge in [0.15, 0.2) is 0 Å². The van der Waals surface area contributed by atoms with Gasteiger partial charge in [0.05, 0.1) is 6.54 Å². The van der Waals surface area contributed by atoms with Crippen LogP contribution in [0.1, 0.15) is 33.6 Å². The molecule has 3 nitrogen and oxygen atoms in total. The molecule has 0 spiro atoms. The first-order valence-electron chi connectivity index (χ1n) is 6.53. The lowest BCUT2D eigenvalue weighted by Crippen LogP contribution is -2.52. The molecule has 2 atom stereocenters. The second kappa shape index (κ2) is 6.36. The van der Waals surface area contributed by atoms with Crippen LogP contribution in [0.5, 0.6) is 0 Å². The molecule has 1 aliphatic heterocycles. The molecule has 1 aliphatic rings. The number of piperazine rings is 1. The van der Waals surface area contributed by atoms with Crippen LogP contribution >= 0.6 is 0 Å². The maximum Gasteiger partial charge on any atom is 0.149 e. The minimum atomic E-state index is 0.222. The largest absolute Gasteiger partial charge is 0.301 e. The van der Waals surface area contributed by atoms with Crippen molar-refractivity contribution in [3.05, 3.63) is 0 Å². The van der Waals surface area contributed by atoms with E-state index in [4.69, 9.17) is 0 Å². The smallest absolute Gasteiger partial charge is 0.149 e. The number of likely N-dealkylation sites (N-methyl/N-ethyl adjacent to an activating group) is 1. The Morgan fingerprint density at radius 3 is 2.62 bits per heavy atom. The summed E-state index contributed by atoms with van der Waals surface area (Å²) < 4.78 is 0. The van der Waals surface area contributed by atoms with Crippen molar-refractivity contribution >= 4 is 5.78 Å². The van der Waals surface area contributed by atoms with Crippen LogP contribution in [0, 0.1) is 5.92 Å². The van der Waals surface area contributed by atoms with Gasteiger partial charge in [-0.15, -0.1) is 0 Å². The van der Waals surface area contributed by atoms with Crippen LogP contribution in [-0.4, -0.2) is 54.9 Å². The van der Waals surface area contributed by atoms with E-state index in [2.05, 4.69) is 30.7 Å². The molecule has 16 heavy (non-hydrogen) atoms. The van der Waals surface area contributed by atoms with Crippen molar-refractivity contribution in [2.45, 2.75) is 39.7 Å². The number of nitrogens with zero attached hydrogens (tertiary/aromatic N) is 2. The number of hydrogen-bond acceptors (Lipinski definition) is 3. The molecule has 0 radical (unpaired) electrons. The summed E-state index contributed by atoms with van der Waals surface area (Å²) in [7, 11) is 2.18. The van der Waals surface area contributed by atoms with Gasteiger partial charge in [-0.2, -0.15) is 0 Å². The van der Waals surface area contributed by atoms with Crippen LogP contribution < -0.4 is 0 Å². The Morgan fingerprint density at radius 1 is 1.38 bits per heavy atom. The molecule has 1 rings (SSSR count). The van der Waals surface area contributed by atoms with Gasteiger partial charge in [-0.3, -0.25) is 9.69 Å². The Kier molecular flexibility index (Phi) is 5.42. The van der Waals surface area contributed by atoms with E-state index in [-0.39, 0.29) is 5.92 Å². The summed E-state index contributed by atoms with van der Waals surface area (Å²) in [5.41, 5.74) is 0. The molecule has 1 saturated heterocycles. The normalized spacial score (nSPS) is 25.6. The first-order valence-corrected chi connectivity index (χ1v) is 6.53. The lowest BCUT2D eigenvalue weighted by molar-refractivity contribution is -0.124. The molecule has 1 fully saturated rings. The van der Waals surface area contributed by atoms with Crippen molar-refractivity contribution in [2.24, 2.45) is 5.92 Å². The Hall–Kier alpha value is -0.410. The van der Waals surface area contributed by atoms with Gasteiger partial charge in [-0.05, 0) is 19.9 Å². The van der Waals surface area contributed by atoms with Gasteiger partial charge in [0.25, 0.3) is 0 Å². The molecular formula is C13H26N2O. The van der Waals surface area contributed by atoms with Crippen molar-refractivity contribution in [2.75, 3.05) is 33.2 Å². The van der Waals surface area contributed by atoms with E-state index in [0.29, 0.717) is 18.4 Å². The van der Waals surface area contributed by atoms with Crippen molar-refractivity contribution in [3.63, 3.8) is 0 Å². The molecule has 2 unspecified atom stereocenters. The number of carbonyl (C=O) groups excluding carboxylic acids is 1. The molecule has 0 N–H and O–H groups in total. The molecule has 0 aromatic rings. The van der Waals surface area contributed by atoms with Crippen LogP contribution in [-0.2, 0) is 4.79 Å². The highest BCUT2D eigenvalue weighted by atomic mass is 16.1. The van der Waals surface area contributed by atoms with E-state index >= 15 is 0 Å². The average Bonchev–Trinajstić information content (AvgIpc) is 2.30. The van der Waals surface area contributed by atoms with E-state index in [0.717, 1.165) is 26.1 Å². The number of carbonyl (C=O) groups is 1. The summed E-state index contributed by atoms with van der Waals surface area (Å²) in [6.45, 7) is 10.2. The lowest BCUT2D eigenvalue weighted by Gasteiger charge is -2.39. The molecule has 94 valence electrons. The number of ketones is 1. The molecule has 0 bridgehead atoms. The van der Waals surface area contributed by atoms with Gasteiger partial charge in [-0.1, -0.05) is 20.8 Å². The SMILES string of the molecule is CCC(C)C(=O)CN1CCN(C)C(CC)C1. The summed E-state index contributed by atoms with van der Waals surface area (Å²) in [4.78, 5) is 16.6. The third-order valence-corrected chi connectivity index (χ3v) is 3.87. The highest BCUT2D eigenvalue weighted by Crippen LogP contribution is 2.12. The standard InChI is InChI=1S/C13H26N2O/c1-5-11(3)13(16)10-15-8-7-14(4)12(6-2)9-15/h11-12H,5-10H2,1-4H3. The van der Waals surface area contributed by atoms with E-state index in [1.165, 1.54) is 6.42 Å². The fourth-order valence-electron chi connectivity index (χ4n) is 2.20. The summed E-state index contributed by atoms with van der Waals surface area (Å²) in [6.07, 6.45) is 2.13. The number of hydrogen-bond donors (Lipinski definition) is 0. The molecule has 0 amide bonds. The zero-order valence-electron chi connectivity index (χ0n) is 11.2. The first-order chi connectivity index (χ1) is 7.58. The Morgan fingerprint density at radius 2 is 2.06 bits per heavy atom. The molecular weight excluding hydrogens is 200 g/mol. The van der Waals surface area contributed by atoms with Crippen LogP contribution in [0.15, 0.2) is 0 Å². The van der Waals surface area contributed by atoms with Gasteiger partial charge in [0, 0.05) is 31.6 Å². The molecule has 1 heterocycles. The van der Waals surface area contributed by atoms with Crippen molar-refractivity contribution in [3.8, 4) is 0 Å². The molecule has 0 saturated carbocycles. The molecule has 3 heteroatoms. The van der Waals surface area contributed by atoms with Crippen LogP contribution in [0.3, 0.4) is 0 Å². The van der Waals surface area contributed by atoms with Crippen LogP contribution in [0.25, 0.3) is 0 Å². The minimum absolute atomic E-state index is 0.222. The Labute approximate surface area is 99.8 Å². The van der Waals surface area contributed by atoms with E-state index in [9.17, 15) is 4.79 Å². The third kappa shape index (κ3) is 3.56. The fourth-order valence-corrected chi connectivity index (χ4v) is 2.20. The number of rotatable bonds is 5. The Bertz CT molecular complexity index is 230. The summed E-state index contributed by atoms with van der Waals surface area (Å²) in [6, 6.07) is 0.624. The summed E-state index contributed by atoms with van der Waals surface area (Å²) in [5, 5.41) is 0. The Balaban J connectivity index is 2.41. The van der Waals surface area contributed by atoms with Crippen LogP contribution in [0.2, 0.25) is 0 Å². The van der Waals surface area contributed by atoms with Crippen molar-refractivity contribution < 1.29 is 4.79 Å². The van der Waals surface area contributed by atoms with E-state index in [1.54, 1.807) is 0 Å². The average molecular weight is 226 g/mol. The molecule has 0 aromatic carbocycles. The van der Waals surface area contributed by atoms with Crippen molar-refractivity contribution in [1.29, 1.82) is 0 Å². The highest BCUT2D eigenvalue weighted by Gasteiger charge is 2.24. The topological polar surface area (TPSA) is 23.6 Å². The minimum Gasteiger partial charge on any atom is -0.301 e. The monoisotopic (exact) mass is 226 g/mol. The van der Waals surface area contributed by atoms with Gasteiger partial charge >= 0.3 is 0 Å². The van der Waals surface area contributed by atoms with Gasteiger partial charge in [0.2, 0.25) is 0 Å². The molecule has 0 aliphatic carbocycles. The summed E-state index contributed by atoms with van der Waals surface area (Å²) in [5.74, 6) is 0.627. The van der Waals surface area contributed by atoms with Gasteiger partial charge in [0.1, 0.15) is 5.78 Å². The predicted octanol–water partition coefficient (Wildman–Crippen LogP) is 1.63. The van der Waals surface area contributed by atoms with E-state index < -0.39 is 0 Å². The third-order valence-electron chi connectivity index (χ3n) is 3.87. The number of Topliss-reactive ketones (excluding diaryl/α,β-unsaturated/α-hetero) is 1. The maximum atomic E-state index is 11.9.